The minimum Gasteiger partial charge on any atom is -0.490 e. The van der Waals surface area contributed by atoms with Crippen LogP contribution >= 0.6 is 0 Å². The Balaban J connectivity index is 2.49. The first kappa shape index (κ1) is 17.7. The standard InChI is InChI=1S/C15H23F2NO3/c1-3-19-9-5-8-18-11-12-6-7-13(21-15(16)17)14(10-12)20-4-2/h6-7,10,15,18H,3-5,8-9,11H2,1-2H3. The summed E-state index contributed by atoms with van der Waals surface area (Å²) >= 11 is 0. The Morgan fingerprint density at radius 1 is 1.14 bits per heavy atom. The summed E-state index contributed by atoms with van der Waals surface area (Å²) in [5.74, 6) is 0.401. The van der Waals surface area contributed by atoms with Gasteiger partial charge in [-0.1, -0.05) is 6.07 Å². The van der Waals surface area contributed by atoms with Crippen molar-refractivity contribution in [3.63, 3.8) is 0 Å². The van der Waals surface area contributed by atoms with Crippen LogP contribution in [0, 0.1) is 0 Å². The van der Waals surface area contributed by atoms with Crippen molar-refractivity contribution in [3.05, 3.63) is 23.8 Å². The van der Waals surface area contributed by atoms with E-state index in [0.29, 0.717) is 18.9 Å². The minimum atomic E-state index is -2.85. The molecule has 0 bridgehead atoms. The molecule has 0 radical (unpaired) electrons. The number of alkyl halides is 2. The summed E-state index contributed by atoms with van der Waals surface area (Å²) in [4.78, 5) is 0. The van der Waals surface area contributed by atoms with Crippen LogP contribution in [0.3, 0.4) is 0 Å². The molecule has 0 unspecified atom stereocenters. The van der Waals surface area contributed by atoms with E-state index in [1.165, 1.54) is 6.07 Å². The van der Waals surface area contributed by atoms with Crippen molar-refractivity contribution in [2.75, 3.05) is 26.4 Å². The van der Waals surface area contributed by atoms with Gasteiger partial charge in [-0.3, -0.25) is 0 Å². The number of hydrogen-bond donors (Lipinski definition) is 1. The maximum atomic E-state index is 12.3. The van der Waals surface area contributed by atoms with Gasteiger partial charge in [0.15, 0.2) is 11.5 Å². The van der Waals surface area contributed by atoms with Gasteiger partial charge in [0.2, 0.25) is 0 Å². The van der Waals surface area contributed by atoms with Crippen LogP contribution in [0.15, 0.2) is 18.2 Å². The predicted octanol–water partition coefficient (Wildman–Crippen LogP) is 3.20. The smallest absolute Gasteiger partial charge is 0.387 e. The SMILES string of the molecule is CCOCCCNCc1ccc(OC(F)F)c(OCC)c1. The zero-order valence-corrected chi connectivity index (χ0v) is 12.5. The molecule has 0 aliphatic heterocycles. The summed E-state index contributed by atoms with van der Waals surface area (Å²) in [6.07, 6.45) is 0.929. The van der Waals surface area contributed by atoms with Crippen molar-refractivity contribution in [1.29, 1.82) is 0 Å². The summed E-state index contributed by atoms with van der Waals surface area (Å²) in [6.45, 7) is 4.23. The summed E-state index contributed by atoms with van der Waals surface area (Å²) < 4.78 is 39.6. The molecule has 0 fully saturated rings. The molecule has 0 aromatic heterocycles. The van der Waals surface area contributed by atoms with Crippen LogP contribution in [0.4, 0.5) is 8.78 Å². The Hall–Kier alpha value is -1.40. The lowest BCUT2D eigenvalue weighted by molar-refractivity contribution is -0.0514. The lowest BCUT2D eigenvalue weighted by Crippen LogP contribution is -2.16. The molecular weight excluding hydrogens is 280 g/mol. The normalized spacial score (nSPS) is 10.9. The van der Waals surface area contributed by atoms with E-state index in [1.807, 2.05) is 6.92 Å². The Morgan fingerprint density at radius 3 is 2.62 bits per heavy atom. The molecule has 4 nitrogen and oxygen atoms in total. The number of hydrogen-bond acceptors (Lipinski definition) is 4. The van der Waals surface area contributed by atoms with Crippen molar-refractivity contribution >= 4 is 0 Å². The molecule has 1 N–H and O–H groups in total. The molecule has 0 atom stereocenters. The molecule has 1 aromatic carbocycles. The number of ether oxygens (including phenoxy) is 3. The van der Waals surface area contributed by atoms with E-state index in [-0.39, 0.29) is 5.75 Å². The Kier molecular flexibility index (Phi) is 8.69. The van der Waals surface area contributed by atoms with Crippen molar-refractivity contribution in [1.82, 2.24) is 5.32 Å². The van der Waals surface area contributed by atoms with E-state index >= 15 is 0 Å². The third kappa shape index (κ3) is 7.24. The van der Waals surface area contributed by atoms with Crippen molar-refractivity contribution in [3.8, 4) is 11.5 Å². The molecule has 21 heavy (non-hydrogen) atoms. The third-order valence-corrected chi connectivity index (χ3v) is 2.70. The fourth-order valence-electron chi connectivity index (χ4n) is 1.80. The van der Waals surface area contributed by atoms with Gasteiger partial charge in [-0.05, 0) is 44.5 Å². The molecule has 0 spiro atoms. The van der Waals surface area contributed by atoms with Crippen LogP contribution in [0.1, 0.15) is 25.8 Å². The van der Waals surface area contributed by atoms with Gasteiger partial charge in [0.1, 0.15) is 0 Å². The minimum absolute atomic E-state index is 0.0620. The van der Waals surface area contributed by atoms with E-state index in [1.54, 1.807) is 19.1 Å². The van der Waals surface area contributed by atoms with Gasteiger partial charge in [0.05, 0.1) is 6.61 Å². The average molecular weight is 303 g/mol. The van der Waals surface area contributed by atoms with Gasteiger partial charge in [-0.2, -0.15) is 8.78 Å². The zero-order valence-electron chi connectivity index (χ0n) is 12.5. The van der Waals surface area contributed by atoms with Gasteiger partial charge in [0, 0.05) is 19.8 Å². The molecule has 0 heterocycles. The third-order valence-electron chi connectivity index (χ3n) is 2.70. The lowest BCUT2D eigenvalue weighted by Gasteiger charge is -2.13. The van der Waals surface area contributed by atoms with Crippen LogP contribution in [-0.2, 0) is 11.3 Å². The number of rotatable bonds is 11. The fraction of sp³-hybridized carbons (Fsp3) is 0.600. The molecule has 0 saturated carbocycles. The van der Waals surface area contributed by atoms with E-state index in [2.05, 4.69) is 10.1 Å². The first-order valence-corrected chi connectivity index (χ1v) is 7.16. The lowest BCUT2D eigenvalue weighted by atomic mass is 10.2. The second kappa shape index (κ2) is 10.3. The zero-order chi connectivity index (χ0) is 15.5. The second-order valence-corrected chi connectivity index (χ2v) is 4.32. The molecule has 1 rings (SSSR count). The van der Waals surface area contributed by atoms with Crippen LogP contribution in [0.2, 0.25) is 0 Å². The highest BCUT2D eigenvalue weighted by atomic mass is 19.3. The Bertz CT molecular complexity index is 403. The molecular formula is C15H23F2NO3. The number of halogens is 2. The Morgan fingerprint density at radius 2 is 1.95 bits per heavy atom. The average Bonchev–Trinajstić information content (AvgIpc) is 2.45. The predicted molar refractivity (Wildman–Crippen MR) is 77.1 cm³/mol. The van der Waals surface area contributed by atoms with Crippen LogP contribution in [0.25, 0.3) is 0 Å². The van der Waals surface area contributed by atoms with Crippen LogP contribution < -0.4 is 14.8 Å². The topological polar surface area (TPSA) is 39.7 Å². The fourth-order valence-corrected chi connectivity index (χ4v) is 1.80. The monoisotopic (exact) mass is 303 g/mol. The van der Waals surface area contributed by atoms with Crippen molar-refractivity contribution in [2.24, 2.45) is 0 Å². The molecule has 0 amide bonds. The van der Waals surface area contributed by atoms with Gasteiger partial charge < -0.3 is 19.5 Å². The number of benzene rings is 1. The molecule has 120 valence electrons. The van der Waals surface area contributed by atoms with E-state index in [4.69, 9.17) is 9.47 Å². The summed E-state index contributed by atoms with van der Waals surface area (Å²) in [6, 6.07) is 4.97. The first-order chi connectivity index (χ1) is 10.2. The maximum absolute atomic E-state index is 12.3. The van der Waals surface area contributed by atoms with Gasteiger partial charge in [-0.25, -0.2) is 0 Å². The highest BCUT2D eigenvalue weighted by Gasteiger charge is 2.11. The number of nitrogens with one attached hydrogen (secondary N) is 1. The van der Waals surface area contributed by atoms with Crippen molar-refractivity contribution < 1.29 is 23.0 Å². The highest BCUT2D eigenvalue weighted by Crippen LogP contribution is 2.29. The van der Waals surface area contributed by atoms with Crippen LogP contribution in [-0.4, -0.2) is 33.0 Å². The molecule has 0 aliphatic rings. The largest absolute Gasteiger partial charge is 0.490 e. The van der Waals surface area contributed by atoms with Crippen LogP contribution in [0.5, 0.6) is 11.5 Å². The highest BCUT2D eigenvalue weighted by molar-refractivity contribution is 5.43. The molecule has 6 heteroatoms. The van der Waals surface area contributed by atoms with E-state index in [9.17, 15) is 8.78 Å². The van der Waals surface area contributed by atoms with Gasteiger partial charge >= 0.3 is 6.61 Å². The molecule has 0 saturated heterocycles. The Labute approximate surface area is 124 Å². The van der Waals surface area contributed by atoms with E-state index in [0.717, 1.165) is 31.7 Å². The van der Waals surface area contributed by atoms with E-state index < -0.39 is 6.61 Å². The quantitative estimate of drug-likeness (QED) is 0.637. The van der Waals surface area contributed by atoms with Gasteiger partial charge in [-0.15, -0.1) is 0 Å². The second-order valence-electron chi connectivity index (χ2n) is 4.32. The van der Waals surface area contributed by atoms with Crippen molar-refractivity contribution in [2.45, 2.75) is 33.4 Å². The first-order valence-electron chi connectivity index (χ1n) is 7.16. The molecule has 0 aliphatic carbocycles. The maximum Gasteiger partial charge on any atom is 0.387 e. The van der Waals surface area contributed by atoms with Gasteiger partial charge in [0.25, 0.3) is 0 Å². The summed E-state index contributed by atoms with van der Waals surface area (Å²) in [5.41, 5.74) is 0.955. The summed E-state index contributed by atoms with van der Waals surface area (Å²) in [5, 5.41) is 3.27. The molecule has 1 aromatic rings. The summed E-state index contributed by atoms with van der Waals surface area (Å²) in [7, 11) is 0.